The molecule has 2 aromatic rings. The van der Waals surface area contributed by atoms with E-state index in [0.717, 1.165) is 11.5 Å². The van der Waals surface area contributed by atoms with Crippen molar-refractivity contribution >= 4 is 0 Å². The number of nitrogens with two attached hydrogens (primary N) is 2. The minimum Gasteiger partial charge on any atom is -0.457 e. The first-order valence-corrected chi connectivity index (χ1v) is 7.39. The van der Waals surface area contributed by atoms with Crippen LogP contribution >= 0.6 is 0 Å². The Kier molecular flexibility index (Phi) is 5.37. The summed E-state index contributed by atoms with van der Waals surface area (Å²) in [7, 11) is 0. The Morgan fingerprint density at radius 3 is 2.19 bits per heavy atom. The molecule has 3 heteroatoms. The van der Waals surface area contributed by atoms with Crippen molar-refractivity contribution in [3.05, 3.63) is 59.7 Å². The molecule has 0 bridgehead atoms. The number of rotatable bonds is 6. The molecule has 0 radical (unpaired) electrons. The number of aryl methyl sites for hydroxylation is 1. The number of benzene rings is 2. The van der Waals surface area contributed by atoms with E-state index in [1.165, 1.54) is 11.1 Å². The van der Waals surface area contributed by atoms with Gasteiger partial charge in [-0.25, -0.2) is 0 Å². The van der Waals surface area contributed by atoms with Crippen molar-refractivity contribution in [1.82, 2.24) is 0 Å². The van der Waals surface area contributed by atoms with Gasteiger partial charge < -0.3 is 16.2 Å². The summed E-state index contributed by atoms with van der Waals surface area (Å²) >= 11 is 0. The molecule has 0 aliphatic heterocycles. The maximum absolute atomic E-state index is 5.86. The largest absolute Gasteiger partial charge is 0.457 e. The van der Waals surface area contributed by atoms with E-state index in [0.29, 0.717) is 24.9 Å². The lowest BCUT2D eigenvalue weighted by Gasteiger charge is -2.23. The minimum atomic E-state index is 0.310. The SMILES string of the molecule is Cc1cc(Oc2ccccc2)ccc1C(C)C(CN)CN. The van der Waals surface area contributed by atoms with E-state index < -0.39 is 0 Å². The summed E-state index contributed by atoms with van der Waals surface area (Å²) in [6.07, 6.45) is 0. The third-order valence-electron chi connectivity index (χ3n) is 4.02. The number of para-hydroxylation sites is 1. The van der Waals surface area contributed by atoms with Gasteiger partial charge in [-0.3, -0.25) is 0 Å². The first-order valence-electron chi connectivity index (χ1n) is 7.39. The van der Waals surface area contributed by atoms with Gasteiger partial charge >= 0.3 is 0 Å². The monoisotopic (exact) mass is 284 g/mol. The summed E-state index contributed by atoms with van der Waals surface area (Å²) in [6, 6.07) is 16.0. The van der Waals surface area contributed by atoms with Crippen molar-refractivity contribution in [3.8, 4) is 11.5 Å². The molecule has 0 aliphatic rings. The van der Waals surface area contributed by atoms with Crippen LogP contribution in [0, 0.1) is 12.8 Å². The Morgan fingerprint density at radius 1 is 0.952 bits per heavy atom. The lowest BCUT2D eigenvalue weighted by Crippen LogP contribution is -2.28. The average Bonchev–Trinajstić information content (AvgIpc) is 2.49. The van der Waals surface area contributed by atoms with Gasteiger partial charge in [0, 0.05) is 0 Å². The van der Waals surface area contributed by atoms with Crippen LogP contribution in [-0.4, -0.2) is 13.1 Å². The highest BCUT2D eigenvalue weighted by molar-refractivity contribution is 5.39. The predicted octanol–water partition coefficient (Wildman–Crippen LogP) is 3.42. The van der Waals surface area contributed by atoms with Gasteiger partial charge in [0.25, 0.3) is 0 Å². The van der Waals surface area contributed by atoms with E-state index in [-0.39, 0.29) is 0 Å². The molecule has 0 saturated carbocycles. The smallest absolute Gasteiger partial charge is 0.127 e. The quantitative estimate of drug-likeness (QED) is 0.854. The summed E-state index contributed by atoms with van der Waals surface area (Å²) in [4.78, 5) is 0. The fourth-order valence-electron chi connectivity index (χ4n) is 2.61. The zero-order valence-electron chi connectivity index (χ0n) is 12.8. The fourth-order valence-corrected chi connectivity index (χ4v) is 2.61. The zero-order chi connectivity index (χ0) is 15.2. The van der Waals surface area contributed by atoms with Crippen LogP contribution in [0.5, 0.6) is 11.5 Å². The van der Waals surface area contributed by atoms with Crippen LogP contribution < -0.4 is 16.2 Å². The van der Waals surface area contributed by atoms with Gasteiger partial charge in [-0.15, -0.1) is 0 Å². The molecule has 112 valence electrons. The number of ether oxygens (including phenoxy) is 1. The van der Waals surface area contributed by atoms with Gasteiger partial charge in [0.15, 0.2) is 0 Å². The highest BCUT2D eigenvalue weighted by Gasteiger charge is 2.18. The second-order valence-corrected chi connectivity index (χ2v) is 5.45. The standard InChI is InChI=1S/C18H24N2O/c1-13-10-17(21-16-6-4-3-5-7-16)8-9-18(13)14(2)15(11-19)12-20/h3-10,14-15H,11-12,19-20H2,1-2H3. The Hall–Kier alpha value is -1.84. The van der Waals surface area contributed by atoms with Crippen molar-refractivity contribution in [3.63, 3.8) is 0 Å². The van der Waals surface area contributed by atoms with Crippen LogP contribution in [0.4, 0.5) is 0 Å². The molecule has 0 heterocycles. The minimum absolute atomic E-state index is 0.310. The second kappa shape index (κ2) is 7.25. The van der Waals surface area contributed by atoms with E-state index in [1.807, 2.05) is 36.4 Å². The normalized spacial score (nSPS) is 12.4. The molecule has 2 rings (SSSR count). The topological polar surface area (TPSA) is 61.3 Å². The molecule has 4 N–H and O–H groups in total. The molecular weight excluding hydrogens is 260 g/mol. The summed E-state index contributed by atoms with van der Waals surface area (Å²) in [5.74, 6) is 2.36. The van der Waals surface area contributed by atoms with Gasteiger partial charge in [-0.2, -0.15) is 0 Å². The van der Waals surface area contributed by atoms with Crippen LogP contribution in [0.1, 0.15) is 24.0 Å². The molecule has 0 fully saturated rings. The molecule has 2 aromatic carbocycles. The predicted molar refractivity (Wildman–Crippen MR) is 87.7 cm³/mol. The lowest BCUT2D eigenvalue weighted by molar-refractivity contribution is 0.461. The highest BCUT2D eigenvalue weighted by atomic mass is 16.5. The molecule has 0 spiro atoms. The Bertz CT molecular complexity index is 565. The fraction of sp³-hybridized carbons (Fsp3) is 0.333. The average molecular weight is 284 g/mol. The van der Waals surface area contributed by atoms with Crippen LogP contribution in [-0.2, 0) is 0 Å². The first kappa shape index (κ1) is 15.5. The summed E-state index contributed by atoms with van der Waals surface area (Å²) in [6.45, 7) is 5.51. The van der Waals surface area contributed by atoms with E-state index in [2.05, 4.69) is 26.0 Å². The van der Waals surface area contributed by atoms with Gasteiger partial charge in [-0.05, 0) is 67.2 Å². The summed E-state index contributed by atoms with van der Waals surface area (Å²) in [5.41, 5.74) is 14.1. The van der Waals surface area contributed by atoms with Crippen LogP contribution in [0.3, 0.4) is 0 Å². The van der Waals surface area contributed by atoms with Crippen molar-refractivity contribution in [2.24, 2.45) is 17.4 Å². The third kappa shape index (κ3) is 3.84. The molecule has 21 heavy (non-hydrogen) atoms. The zero-order valence-corrected chi connectivity index (χ0v) is 12.8. The van der Waals surface area contributed by atoms with Crippen molar-refractivity contribution in [2.75, 3.05) is 13.1 Å². The van der Waals surface area contributed by atoms with E-state index >= 15 is 0 Å². The molecule has 0 amide bonds. The van der Waals surface area contributed by atoms with E-state index in [9.17, 15) is 0 Å². The molecule has 0 saturated heterocycles. The van der Waals surface area contributed by atoms with Crippen LogP contribution in [0.2, 0.25) is 0 Å². The lowest BCUT2D eigenvalue weighted by atomic mass is 9.85. The Morgan fingerprint density at radius 2 is 1.62 bits per heavy atom. The third-order valence-corrected chi connectivity index (χ3v) is 4.02. The van der Waals surface area contributed by atoms with Crippen LogP contribution in [0.25, 0.3) is 0 Å². The number of hydrogen-bond donors (Lipinski definition) is 2. The summed E-state index contributed by atoms with van der Waals surface area (Å²) < 4.78 is 5.86. The second-order valence-electron chi connectivity index (χ2n) is 5.45. The van der Waals surface area contributed by atoms with Gasteiger partial charge in [-0.1, -0.05) is 31.2 Å². The molecule has 1 atom stereocenters. The van der Waals surface area contributed by atoms with Crippen LogP contribution in [0.15, 0.2) is 48.5 Å². The molecule has 0 aliphatic carbocycles. The van der Waals surface area contributed by atoms with Crippen molar-refractivity contribution in [2.45, 2.75) is 19.8 Å². The maximum atomic E-state index is 5.86. The Labute approximate surface area is 126 Å². The highest BCUT2D eigenvalue weighted by Crippen LogP contribution is 2.30. The maximum Gasteiger partial charge on any atom is 0.127 e. The Balaban J connectivity index is 2.17. The van der Waals surface area contributed by atoms with Gasteiger partial charge in [0.1, 0.15) is 11.5 Å². The molecule has 1 unspecified atom stereocenters. The van der Waals surface area contributed by atoms with E-state index in [1.54, 1.807) is 0 Å². The van der Waals surface area contributed by atoms with Gasteiger partial charge in [0.05, 0.1) is 0 Å². The molecule has 3 nitrogen and oxygen atoms in total. The van der Waals surface area contributed by atoms with Gasteiger partial charge in [0.2, 0.25) is 0 Å². The van der Waals surface area contributed by atoms with E-state index in [4.69, 9.17) is 16.2 Å². The molecule has 0 aromatic heterocycles. The molecular formula is C18H24N2O. The van der Waals surface area contributed by atoms with Crippen molar-refractivity contribution in [1.29, 1.82) is 0 Å². The summed E-state index contributed by atoms with van der Waals surface area (Å²) in [5, 5.41) is 0. The number of hydrogen-bond acceptors (Lipinski definition) is 3. The van der Waals surface area contributed by atoms with Crippen molar-refractivity contribution < 1.29 is 4.74 Å². The first-order chi connectivity index (χ1) is 10.2.